The van der Waals surface area contributed by atoms with Crippen molar-refractivity contribution in [1.29, 1.82) is 0 Å². The van der Waals surface area contributed by atoms with E-state index < -0.39 is 0 Å². The number of aliphatic hydroxyl groups is 1. The Bertz CT molecular complexity index is 225. The van der Waals surface area contributed by atoms with Crippen molar-refractivity contribution in [3.63, 3.8) is 0 Å². The average molecular weight is 241 g/mol. The van der Waals surface area contributed by atoms with Gasteiger partial charge in [-0.1, -0.05) is 27.7 Å². The van der Waals surface area contributed by atoms with Gasteiger partial charge in [-0.05, 0) is 56.4 Å². The van der Waals surface area contributed by atoms with E-state index in [4.69, 9.17) is 0 Å². The van der Waals surface area contributed by atoms with Crippen molar-refractivity contribution in [2.75, 3.05) is 6.54 Å². The van der Waals surface area contributed by atoms with Crippen LogP contribution in [0.1, 0.15) is 60.3 Å². The minimum absolute atomic E-state index is 0.172. The Kier molecular flexibility index (Phi) is 5.46. The summed E-state index contributed by atoms with van der Waals surface area (Å²) >= 11 is 0. The van der Waals surface area contributed by atoms with Crippen LogP contribution in [-0.4, -0.2) is 23.8 Å². The van der Waals surface area contributed by atoms with Crippen molar-refractivity contribution in [2.45, 2.75) is 72.4 Å². The van der Waals surface area contributed by atoms with Crippen LogP contribution in [0.4, 0.5) is 0 Å². The molecule has 2 heteroatoms. The Morgan fingerprint density at radius 1 is 1.35 bits per heavy atom. The number of hydrogen-bond acceptors (Lipinski definition) is 2. The van der Waals surface area contributed by atoms with Crippen molar-refractivity contribution in [3.8, 4) is 0 Å². The Morgan fingerprint density at radius 2 is 2.00 bits per heavy atom. The molecule has 1 rings (SSSR count). The van der Waals surface area contributed by atoms with Crippen molar-refractivity contribution in [2.24, 2.45) is 17.3 Å². The molecule has 1 fully saturated rings. The third-order valence-electron chi connectivity index (χ3n) is 4.17. The third-order valence-corrected chi connectivity index (χ3v) is 4.17. The van der Waals surface area contributed by atoms with Gasteiger partial charge >= 0.3 is 0 Å². The highest BCUT2D eigenvalue weighted by atomic mass is 16.3. The van der Waals surface area contributed by atoms with Crippen LogP contribution in [0.25, 0.3) is 0 Å². The first kappa shape index (κ1) is 15.0. The molecule has 0 bridgehead atoms. The predicted molar refractivity (Wildman–Crippen MR) is 74.0 cm³/mol. The van der Waals surface area contributed by atoms with E-state index in [0.717, 1.165) is 18.9 Å². The monoisotopic (exact) mass is 241 g/mol. The van der Waals surface area contributed by atoms with Crippen LogP contribution in [0.2, 0.25) is 0 Å². The zero-order chi connectivity index (χ0) is 13.1. The maximum atomic E-state index is 9.35. The lowest BCUT2D eigenvalue weighted by Crippen LogP contribution is -2.43. The van der Waals surface area contributed by atoms with Crippen LogP contribution in [-0.2, 0) is 0 Å². The fraction of sp³-hybridized carbons (Fsp3) is 1.00. The summed E-state index contributed by atoms with van der Waals surface area (Å²) in [5.74, 6) is 1.34. The molecule has 0 heterocycles. The number of nitrogens with one attached hydrogen (secondary N) is 1. The van der Waals surface area contributed by atoms with E-state index in [0.29, 0.717) is 17.4 Å². The standard InChI is InChI=1S/C15H31NO/c1-11(8-13(3)17)10-16-14-6-7-15(4,5)9-12(14)2/h11-14,16-17H,6-10H2,1-5H3. The molecule has 0 aromatic heterocycles. The summed E-state index contributed by atoms with van der Waals surface area (Å²) in [5, 5.41) is 13.1. The number of hydrogen-bond donors (Lipinski definition) is 2. The van der Waals surface area contributed by atoms with Crippen LogP contribution in [0.15, 0.2) is 0 Å². The molecule has 0 radical (unpaired) electrons. The van der Waals surface area contributed by atoms with Gasteiger partial charge in [0.05, 0.1) is 6.10 Å². The van der Waals surface area contributed by atoms with Gasteiger partial charge in [-0.25, -0.2) is 0 Å². The lowest BCUT2D eigenvalue weighted by molar-refractivity contribution is 0.137. The van der Waals surface area contributed by atoms with Crippen molar-refractivity contribution >= 4 is 0 Å². The Hall–Kier alpha value is -0.0800. The first-order valence-electron chi connectivity index (χ1n) is 7.21. The summed E-state index contributed by atoms with van der Waals surface area (Å²) in [6, 6.07) is 0.680. The molecule has 0 amide bonds. The molecule has 2 nitrogen and oxygen atoms in total. The Labute approximate surface area is 107 Å². The van der Waals surface area contributed by atoms with Gasteiger partial charge in [-0.2, -0.15) is 0 Å². The molecule has 4 unspecified atom stereocenters. The van der Waals surface area contributed by atoms with E-state index in [1.54, 1.807) is 0 Å². The van der Waals surface area contributed by atoms with Gasteiger partial charge in [-0.3, -0.25) is 0 Å². The number of aliphatic hydroxyl groups excluding tert-OH is 1. The second-order valence-electron chi connectivity index (χ2n) is 7.09. The summed E-state index contributed by atoms with van der Waals surface area (Å²) in [7, 11) is 0. The normalized spacial score (nSPS) is 32.1. The van der Waals surface area contributed by atoms with E-state index in [1.165, 1.54) is 19.3 Å². The minimum atomic E-state index is -0.172. The quantitative estimate of drug-likeness (QED) is 0.775. The van der Waals surface area contributed by atoms with Gasteiger partial charge in [0.2, 0.25) is 0 Å². The minimum Gasteiger partial charge on any atom is -0.393 e. The van der Waals surface area contributed by atoms with Crippen molar-refractivity contribution < 1.29 is 5.11 Å². The second-order valence-corrected chi connectivity index (χ2v) is 7.09. The molecular weight excluding hydrogens is 210 g/mol. The summed E-state index contributed by atoms with van der Waals surface area (Å²) in [6.45, 7) is 12.3. The van der Waals surface area contributed by atoms with Crippen LogP contribution in [0, 0.1) is 17.3 Å². The van der Waals surface area contributed by atoms with Crippen LogP contribution < -0.4 is 5.32 Å². The molecule has 0 saturated heterocycles. The Balaban J connectivity index is 2.28. The highest BCUT2D eigenvalue weighted by Crippen LogP contribution is 2.38. The van der Waals surface area contributed by atoms with Crippen molar-refractivity contribution in [3.05, 3.63) is 0 Å². The number of rotatable bonds is 5. The Morgan fingerprint density at radius 3 is 2.53 bits per heavy atom. The fourth-order valence-corrected chi connectivity index (χ4v) is 3.27. The smallest absolute Gasteiger partial charge is 0.0515 e. The van der Waals surface area contributed by atoms with Crippen LogP contribution in [0.5, 0.6) is 0 Å². The molecule has 0 spiro atoms. The zero-order valence-corrected chi connectivity index (χ0v) is 12.3. The summed E-state index contributed by atoms with van der Waals surface area (Å²) < 4.78 is 0. The highest BCUT2D eigenvalue weighted by molar-refractivity contribution is 4.87. The van der Waals surface area contributed by atoms with Crippen LogP contribution in [0.3, 0.4) is 0 Å². The van der Waals surface area contributed by atoms with Gasteiger partial charge in [0, 0.05) is 6.04 Å². The van der Waals surface area contributed by atoms with Gasteiger partial charge in [0.15, 0.2) is 0 Å². The van der Waals surface area contributed by atoms with Crippen LogP contribution >= 0.6 is 0 Å². The molecule has 1 saturated carbocycles. The first-order chi connectivity index (χ1) is 7.80. The largest absolute Gasteiger partial charge is 0.393 e. The zero-order valence-electron chi connectivity index (χ0n) is 12.3. The molecule has 2 N–H and O–H groups in total. The molecule has 0 aliphatic heterocycles. The molecule has 0 aromatic carbocycles. The summed E-state index contributed by atoms with van der Waals surface area (Å²) in [6.07, 6.45) is 4.69. The maximum Gasteiger partial charge on any atom is 0.0515 e. The molecule has 1 aliphatic rings. The molecular formula is C15H31NO. The highest BCUT2D eigenvalue weighted by Gasteiger charge is 2.31. The molecule has 0 aromatic rings. The van der Waals surface area contributed by atoms with E-state index in [9.17, 15) is 5.11 Å². The third kappa shape index (κ3) is 5.39. The van der Waals surface area contributed by atoms with E-state index >= 15 is 0 Å². The predicted octanol–water partition coefficient (Wildman–Crippen LogP) is 3.20. The molecule has 1 aliphatic carbocycles. The lowest BCUT2D eigenvalue weighted by atomic mass is 9.70. The lowest BCUT2D eigenvalue weighted by Gasteiger charge is -2.40. The topological polar surface area (TPSA) is 32.3 Å². The fourth-order valence-electron chi connectivity index (χ4n) is 3.27. The van der Waals surface area contributed by atoms with E-state index in [-0.39, 0.29) is 6.10 Å². The SMILES string of the molecule is CC(O)CC(C)CNC1CCC(C)(C)CC1C. The second kappa shape index (κ2) is 6.19. The van der Waals surface area contributed by atoms with E-state index in [2.05, 4.69) is 33.0 Å². The maximum absolute atomic E-state index is 9.35. The van der Waals surface area contributed by atoms with Crippen molar-refractivity contribution in [1.82, 2.24) is 5.32 Å². The van der Waals surface area contributed by atoms with E-state index in [1.807, 2.05) is 6.92 Å². The van der Waals surface area contributed by atoms with Gasteiger partial charge in [0.25, 0.3) is 0 Å². The molecule has 4 atom stereocenters. The first-order valence-corrected chi connectivity index (χ1v) is 7.21. The van der Waals surface area contributed by atoms with Gasteiger partial charge in [-0.15, -0.1) is 0 Å². The van der Waals surface area contributed by atoms with Gasteiger partial charge in [0.1, 0.15) is 0 Å². The average Bonchev–Trinajstić information content (AvgIpc) is 2.13. The molecule has 102 valence electrons. The molecule has 17 heavy (non-hydrogen) atoms. The van der Waals surface area contributed by atoms with Gasteiger partial charge < -0.3 is 10.4 Å². The summed E-state index contributed by atoms with van der Waals surface area (Å²) in [4.78, 5) is 0. The summed E-state index contributed by atoms with van der Waals surface area (Å²) in [5.41, 5.74) is 0.531.